The molecule has 4 nitrogen and oxygen atoms in total. The minimum Gasteiger partial charge on any atom is -0.361 e. The lowest BCUT2D eigenvalue weighted by molar-refractivity contribution is -0.117. The number of nitriles is 1. The number of aryl methyl sites for hydroxylation is 2. The van der Waals surface area contributed by atoms with Gasteiger partial charge in [0.25, 0.3) is 5.91 Å². The zero-order chi connectivity index (χ0) is 18.4. The van der Waals surface area contributed by atoms with Gasteiger partial charge in [-0.05, 0) is 43.5 Å². The Hall–Kier alpha value is -3.32. The van der Waals surface area contributed by atoms with Crippen LogP contribution in [0.3, 0.4) is 0 Å². The Morgan fingerprint density at radius 2 is 2.04 bits per heavy atom. The summed E-state index contributed by atoms with van der Waals surface area (Å²) < 4.78 is 0. The van der Waals surface area contributed by atoms with Crippen LogP contribution in [0.4, 0.5) is 0 Å². The van der Waals surface area contributed by atoms with Gasteiger partial charge in [-0.3, -0.25) is 4.79 Å². The predicted octanol–water partition coefficient (Wildman–Crippen LogP) is 4.13. The van der Waals surface area contributed by atoms with Gasteiger partial charge in [-0.1, -0.05) is 42.0 Å². The standard InChI is InChI=1S/C22H21N3O/c1-16-9-10-21-20(12-16)19(15-25-21)13-18(14-23)22(26)24-11-5-8-17-6-3-2-4-7-17/h2-4,6-7,9-10,12-13,15,25H,5,8,11H2,1H3,(H,24,26)/b18-13+. The zero-order valence-corrected chi connectivity index (χ0v) is 14.8. The zero-order valence-electron chi connectivity index (χ0n) is 14.8. The molecule has 0 fully saturated rings. The van der Waals surface area contributed by atoms with Gasteiger partial charge in [-0.2, -0.15) is 5.26 Å². The Kier molecular flexibility index (Phi) is 5.50. The third-order valence-corrected chi connectivity index (χ3v) is 4.30. The fourth-order valence-corrected chi connectivity index (χ4v) is 2.91. The van der Waals surface area contributed by atoms with Crippen LogP contribution in [0.5, 0.6) is 0 Å². The molecule has 3 aromatic rings. The Balaban J connectivity index is 1.64. The summed E-state index contributed by atoms with van der Waals surface area (Å²) in [5.41, 5.74) is 4.33. The number of hydrogen-bond acceptors (Lipinski definition) is 2. The molecule has 1 heterocycles. The minimum atomic E-state index is -0.331. The van der Waals surface area contributed by atoms with Crippen molar-refractivity contribution in [1.29, 1.82) is 5.26 Å². The Morgan fingerprint density at radius 3 is 2.81 bits per heavy atom. The van der Waals surface area contributed by atoms with Gasteiger partial charge >= 0.3 is 0 Å². The maximum absolute atomic E-state index is 12.3. The molecule has 3 rings (SSSR count). The van der Waals surface area contributed by atoms with Crippen molar-refractivity contribution in [2.45, 2.75) is 19.8 Å². The fourth-order valence-electron chi connectivity index (χ4n) is 2.91. The molecule has 0 atom stereocenters. The molecular formula is C22H21N3O. The van der Waals surface area contributed by atoms with Crippen LogP contribution in [-0.4, -0.2) is 17.4 Å². The molecule has 0 aliphatic heterocycles. The van der Waals surface area contributed by atoms with Crippen LogP contribution in [0.15, 0.2) is 60.3 Å². The van der Waals surface area contributed by atoms with Gasteiger partial charge in [-0.15, -0.1) is 0 Å². The van der Waals surface area contributed by atoms with Gasteiger partial charge in [0.1, 0.15) is 11.6 Å². The number of hydrogen-bond donors (Lipinski definition) is 2. The van der Waals surface area contributed by atoms with E-state index in [4.69, 9.17) is 0 Å². The minimum absolute atomic E-state index is 0.118. The molecule has 0 aliphatic rings. The highest BCUT2D eigenvalue weighted by atomic mass is 16.1. The van der Waals surface area contributed by atoms with Crippen molar-refractivity contribution in [2.75, 3.05) is 6.54 Å². The number of H-pyrrole nitrogens is 1. The average Bonchev–Trinajstić information content (AvgIpc) is 3.05. The predicted molar refractivity (Wildman–Crippen MR) is 104 cm³/mol. The SMILES string of the molecule is Cc1ccc2[nH]cc(/C=C(\C#N)C(=O)NCCCc3ccccc3)c2c1. The summed E-state index contributed by atoms with van der Waals surface area (Å²) in [6.07, 6.45) is 5.20. The smallest absolute Gasteiger partial charge is 0.261 e. The summed E-state index contributed by atoms with van der Waals surface area (Å²) in [7, 11) is 0. The van der Waals surface area contributed by atoms with E-state index < -0.39 is 0 Å². The molecule has 0 saturated heterocycles. The van der Waals surface area contributed by atoms with Crippen molar-refractivity contribution in [2.24, 2.45) is 0 Å². The first kappa shape index (κ1) is 17.5. The van der Waals surface area contributed by atoms with E-state index in [0.29, 0.717) is 6.54 Å². The van der Waals surface area contributed by atoms with E-state index in [9.17, 15) is 10.1 Å². The van der Waals surface area contributed by atoms with Crippen molar-refractivity contribution in [1.82, 2.24) is 10.3 Å². The lowest BCUT2D eigenvalue weighted by atomic mass is 10.1. The topological polar surface area (TPSA) is 68.7 Å². The van der Waals surface area contributed by atoms with Crippen LogP contribution in [0.25, 0.3) is 17.0 Å². The monoisotopic (exact) mass is 343 g/mol. The molecule has 1 amide bonds. The molecule has 0 unspecified atom stereocenters. The molecule has 130 valence electrons. The molecular weight excluding hydrogens is 322 g/mol. The van der Waals surface area contributed by atoms with E-state index in [-0.39, 0.29) is 11.5 Å². The van der Waals surface area contributed by atoms with E-state index in [1.54, 1.807) is 6.08 Å². The summed E-state index contributed by atoms with van der Waals surface area (Å²) in [6.45, 7) is 2.56. The van der Waals surface area contributed by atoms with E-state index in [2.05, 4.69) is 22.4 Å². The summed E-state index contributed by atoms with van der Waals surface area (Å²) in [5.74, 6) is -0.331. The van der Waals surface area contributed by atoms with Crippen molar-refractivity contribution in [3.05, 3.63) is 77.0 Å². The summed E-state index contributed by atoms with van der Waals surface area (Å²) >= 11 is 0. The number of aromatic amines is 1. The van der Waals surface area contributed by atoms with Crippen molar-refractivity contribution < 1.29 is 4.79 Å². The molecule has 4 heteroatoms. The van der Waals surface area contributed by atoms with Gasteiger partial charge in [-0.25, -0.2) is 0 Å². The number of nitrogens with zero attached hydrogens (tertiary/aromatic N) is 1. The third kappa shape index (κ3) is 4.20. The summed E-state index contributed by atoms with van der Waals surface area (Å²) in [5, 5.41) is 13.2. The number of nitrogens with one attached hydrogen (secondary N) is 2. The van der Waals surface area contributed by atoms with Crippen LogP contribution in [0.2, 0.25) is 0 Å². The van der Waals surface area contributed by atoms with Gasteiger partial charge < -0.3 is 10.3 Å². The largest absolute Gasteiger partial charge is 0.361 e. The van der Waals surface area contributed by atoms with Gasteiger partial charge in [0, 0.05) is 29.2 Å². The quantitative estimate of drug-likeness (QED) is 0.401. The molecule has 0 bridgehead atoms. The van der Waals surface area contributed by atoms with Gasteiger partial charge in [0.15, 0.2) is 0 Å². The van der Waals surface area contributed by atoms with E-state index in [1.165, 1.54) is 5.56 Å². The van der Waals surface area contributed by atoms with E-state index >= 15 is 0 Å². The Bertz CT molecular complexity index is 978. The second-order valence-corrected chi connectivity index (χ2v) is 6.31. The maximum Gasteiger partial charge on any atom is 0.261 e. The normalized spacial score (nSPS) is 11.3. The number of fused-ring (bicyclic) bond motifs is 1. The van der Waals surface area contributed by atoms with E-state index in [0.717, 1.165) is 34.9 Å². The molecule has 26 heavy (non-hydrogen) atoms. The highest BCUT2D eigenvalue weighted by Gasteiger charge is 2.10. The fraction of sp³-hybridized carbons (Fsp3) is 0.182. The number of carbonyl (C=O) groups excluding carboxylic acids is 1. The highest BCUT2D eigenvalue weighted by Crippen LogP contribution is 2.22. The maximum atomic E-state index is 12.3. The van der Waals surface area contributed by atoms with Gasteiger partial charge in [0.2, 0.25) is 0 Å². The van der Waals surface area contributed by atoms with Crippen molar-refractivity contribution >= 4 is 22.9 Å². The van der Waals surface area contributed by atoms with Crippen molar-refractivity contribution in [3.8, 4) is 6.07 Å². The second kappa shape index (κ2) is 8.17. The highest BCUT2D eigenvalue weighted by molar-refractivity contribution is 6.04. The number of amides is 1. The molecule has 0 spiro atoms. The molecule has 0 radical (unpaired) electrons. The van der Waals surface area contributed by atoms with Crippen LogP contribution in [-0.2, 0) is 11.2 Å². The lowest BCUT2D eigenvalue weighted by Crippen LogP contribution is -2.25. The molecule has 0 saturated carbocycles. The Labute approximate surface area is 153 Å². The number of carbonyl (C=O) groups is 1. The molecule has 1 aromatic heterocycles. The second-order valence-electron chi connectivity index (χ2n) is 6.31. The molecule has 2 N–H and O–H groups in total. The molecule has 2 aromatic carbocycles. The first-order valence-corrected chi connectivity index (χ1v) is 8.69. The van der Waals surface area contributed by atoms with Crippen LogP contribution in [0, 0.1) is 18.3 Å². The average molecular weight is 343 g/mol. The van der Waals surface area contributed by atoms with Crippen molar-refractivity contribution in [3.63, 3.8) is 0 Å². The summed E-state index contributed by atoms with van der Waals surface area (Å²) in [4.78, 5) is 15.5. The lowest BCUT2D eigenvalue weighted by Gasteiger charge is -2.04. The number of aromatic nitrogens is 1. The number of rotatable bonds is 6. The van der Waals surface area contributed by atoms with Crippen LogP contribution < -0.4 is 5.32 Å². The van der Waals surface area contributed by atoms with Gasteiger partial charge in [0.05, 0.1) is 0 Å². The Morgan fingerprint density at radius 1 is 1.23 bits per heavy atom. The third-order valence-electron chi connectivity index (χ3n) is 4.30. The van der Waals surface area contributed by atoms with E-state index in [1.807, 2.05) is 55.6 Å². The first-order valence-electron chi connectivity index (χ1n) is 8.69. The summed E-state index contributed by atoms with van der Waals surface area (Å²) in [6, 6.07) is 18.2. The molecule has 0 aliphatic carbocycles. The van der Waals surface area contributed by atoms with Crippen LogP contribution >= 0.6 is 0 Å². The number of benzene rings is 2. The first-order chi connectivity index (χ1) is 12.7. The van der Waals surface area contributed by atoms with Crippen LogP contribution in [0.1, 0.15) is 23.1 Å².